The van der Waals surface area contributed by atoms with Crippen LogP contribution in [0.25, 0.3) is 11.3 Å². The summed E-state index contributed by atoms with van der Waals surface area (Å²) in [6.45, 7) is 1.10. The van der Waals surface area contributed by atoms with Crippen molar-refractivity contribution in [1.82, 2.24) is 10.3 Å². The zero-order valence-electron chi connectivity index (χ0n) is 14.9. The molecule has 2 aromatic carbocycles. The molecule has 0 atom stereocenters. The van der Waals surface area contributed by atoms with Gasteiger partial charge in [-0.15, -0.1) is 0 Å². The fourth-order valence-electron chi connectivity index (χ4n) is 2.49. The van der Waals surface area contributed by atoms with Gasteiger partial charge in [0, 0.05) is 24.9 Å². The van der Waals surface area contributed by atoms with Gasteiger partial charge in [0.1, 0.15) is 11.6 Å². The van der Waals surface area contributed by atoms with Crippen molar-refractivity contribution in [2.45, 2.75) is 19.3 Å². The second-order valence-electron chi connectivity index (χ2n) is 5.99. The van der Waals surface area contributed by atoms with Crippen molar-refractivity contribution in [3.05, 3.63) is 72.5 Å². The normalized spacial score (nSPS) is 10.6. The Morgan fingerprint density at radius 1 is 1.11 bits per heavy atom. The van der Waals surface area contributed by atoms with E-state index in [-0.39, 0.29) is 11.7 Å². The van der Waals surface area contributed by atoms with Crippen molar-refractivity contribution in [3.8, 4) is 17.1 Å². The molecule has 1 aromatic heterocycles. The highest BCUT2D eigenvalue weighted by Gasteiger charge is 2.09. The Kier molecular flexibility index (Phi) is 6.57. The number of hydrogen-bond acceptors (Lipinski definition) is 4. The molecule has 1 amide bonds. The summed E-state index contributed by atoms with van der Waals surface area (Å²) in [5.74, 6) is 1.51. The van der Waals surface area contributed by atoms with E-state index in [2.05, 4.69) is 10.3 Å². The standard InChI is InChI=1S/C21H21FN2O3/c22-17-9-7-16(8-10-17)19-15-24-21(27-19)12-11-20(25)23-13-4-14-26-18-5-2-1-3-6-18/h1-3,5-10,15H,4,11-14H2,(H,23,25). The van der Waals surface area contributed by atoms with E-state index in [1.54, 1.807) is 18.3 Å². The molecule has 0 fully saturated rings. The first-order valence-corrected chi connectivity index (χ1v) is 8.86. The minimum atomic E-state index is -0.302. The summed E-state index contributed by atoms with van der Waals surface area (Å²) in [7, 11) is 0. The van der Waals surface area contributed by atoms with E-state index in [9.17, 15) is 9.18 Å². The Morgan fingerprint density at radius 3 is 2.67 bits per heavy atom. The van der Waals surface area contributed by atoms with Crippen LogP contribution < -0.4 is 10.1 Å². The van der Waals surface area contributed by atoms with Crippen LogP contribution in [0, 0.1) is 5.82 Å². The summed E-state index contributed by atoms with van der Waals surface area (Å²) in [4.78, 5) is 16.1. The van der Waals surface area contributed by atoms with Crippen molar-refractivity contribution in [2.75, 3.05) is 13.2 Å². The highest BCUT2D eigenvalue weighted by Crippen LogP contribution is 2.21. The van der Waals surface area contributed by atoms with E-state index >= 15 is 0 Å². The van der Waals surface area contributed by atoms with Crippen LogP contribution in [-0.4, -0.2) is 24.0 Å². The Morgan fingerprint density at radius 2 is 1.89 bits per heavy atom. The molecule has 1 heterocycles. The third-order valence-corrected chi connectivity index (χ3v) is 3.90. The number of nitrogens with zero attached hydrogens (tertiary/aromatic N) is 1. The van der Waals surface area contributed by atoms with Gasteiger partial charge in [-0.1, -0.05) is 18.2 Å². The van der Waals surface area contributed by atoms with E-state index < -0.39 is 0 Å². The average Bonchev–Trinajstić information content (AvgIpc) is 3.16. The molecule has 0 spiro atoms. The first-order valence-electron chi connectivity index (χ1n) is 8.86. The molecule has 6 heteroatoms. The molecule has 0 saturated carbocycles. The molecular weight excluding hydrogens is 347 g/mol. The molecule has 0 aliphatic carbocycles. The quantitative estimate of drug-likeness (QED) is 0.580. The summed E-state index contributed by atoms with van der Waals surface area (Å²) >= 11 is 0. The monoisotopic (exact) mass is 368 g/mol. The predicted molar refractivity (Wildman–Crippen MR) is 99.8 cm³/mol. The van der Waals surface area contributed by atoms with E-state index in [0.717, 1.165) is 17.7 Å². The van der Waals surface area contributed by atoms with Crippen LogP contribution in [0.2, 0.25) is 0 Å². The van der Waals surface area contributed by atoms with Gasteiger partial charge < -0.3 is 14.5 Å². The van der Waals surface area contributed by atoms with Crippen LogP contribution in [0.15, 0.2) is 65.2 Å². The lowest BCUT2D eigenvalue weighted by Crippen LogP contribution is -2.25. The second kappa shape index (κ2) is 9.52. The highest BCUT2D eigenvalue weighted by atomic mass is 19.1. The fraction of sp³-hybridized carbons (Fsp3) is 0.238. The number of aromatic nitrogens is 1. The molecule has 0 radical (unpaired) electrons. The van der Waals surface area contributed by atoms with Gasteiger partial charge >= 0.3 is 0 Å². The molecule has 27 heavy (non-hydrogen) atoms. The maximum Gasteiger partial charge on any atom is 0.220 e. The molecule has 5 nitrogen and oxygen atoms in total. The Labute approximate surface area is 157 Å². The van der Waals surface area contributed by atoms with E-state index in [0.29, 0.717) is 37.6 Å². The van der Waals surface area contributed by atoms with Crippen LogP contribution in [-0.2, 0) is 11.2 Å². The van der Waals surface area contributed by atoms with Gasteiger partial charge in [-0.2, -0.15) is 0 Å². The minimum absolute atomic E-state index is 0.0590. The number of para-hydroxylation sites is 1. The number of benzene rings is 2. The van der Waals surface area contributed by atoms with Gasteiger partial charge in [-0.25, -0.2) is 9.37 Å². The Bertz CT molecular complexity index is 847. The molecule has 0 unspecified atom stereocenters. The molecular formula is C21H21FN2O3. The van der Waals surface area contributed by atoms with Gasteiger partial charge in [0.05, 0.1) is 12.8 Å². The van der Waals surface area contributed by atoms with Crippen LogP contribution in [0.1, 0.15) is 18.7 Å². The zero-order valence-corrected chi connectivity index (χ0v) is 14.9. The van der Waals surface area contributed by atoms with E-state index in [1.807, 2.05) is 30.3 Å². The van der Waals surface area contributed by atoms with Crippen molar-refractivity contribution < 1.29 is 18.3 Å². The molecule has 140 valence electrons. The third-order valence-electron chi connectivity index (χ3n) is 3.90. The number of ether oxygens (including phenoxy) is 1. The number of rotatable bonds is 9. The number of aryl methyl sites for hydroxylation is 1. The largest absolute Gasteiger partial charge is 0.494 e. The third kappa shape index (κ3) is 5.95. The van der Waals surface area contributed by atoms with Crippen LogP contribution in [0.4, 0.5) is 4.39 Å². The van der Waals surface area contributed by atoms with Crippen molar-refractivity contribution in [3.63, 3.8) is 0 Å². The Balaban J connectivity index is 1.34. The number of carbonyl (C=O) groups excluding carboxylic acids is 1. The summed E-state index contributed by atoms with van der Waals surface area (Å²) < 4.78 is 24.1. The van der Waals surface area contributed by atoms with Gasteiger partial charge in [0.25, 0.3) is 0 Å². The molecule has 0 saturated heterocycles. The number of oxazole rings is 1. The number of hydrogen-bond donors (Lipinski definition) is 1. The lowest BCUT2D eigenvalue weighted by Gasteiger charge is -2.07. The molecule has 3 rings (SSSR count). The van der Waals surface area contributed by atoms with Crippen molar-refractivity contribution in [2.24, 2.45) is 0 Å². The van der Waals surface area contributed by atoms with Crippen molar-refractivity contribution in [1.29, 1.82) is 0 Å². The number of carbonyl (C=O) groups is 1. The molecule has 0 aliphatic rings. The van der Waals surface area contributed by atoms with Crippen LogP contribution in [0.5, 0.6) is 5.75 Å². The van der Waals surface area contributed by atoms with E-state index in [4.69, 9.17) is 9.15 Å². The summed E-state index contributed by atoms with van der Waals surface area (Å²) in [6, 6.07) is 15.6. The number of nitrogens with one attached hydrogen (secondary N) is 1. The smallest absolute Gasteiger partial charge is 0.220 e. The lowest BCUT2D eigenvalue weighted by molar-refractivity contribution is -0.121. The number of halogens is 1. The second-order valence-corrected chi connectivity index (χ2v) is 5.99. The molecule has 0 aliphatic heterocycles. The first-order chi connectivity index (χ1) is 13.2. The Hall–Kier alpha value is -3.15. The average molecular weight is 368 g/mol. The SMILES string of the molecule is O=C(CCc1ncc(-c2ccc(F)cc2)o1)NCCCOc1ccccc1. The zero-order chi connectivity index (χ0) is 18.9. The summed E-state index contributed by atoms with van der Waals surface area (Å²) in [6.07, 6.45) is 3.02. The molecule has 0 bridgehead atoms. The van der Waals surface area contributed by atoms with E-state index in [1.165, 1.54) is 12.1 Å². The number of amides is 1. The summed E-state index contributed by atoms with van der Waals surface area (Å²) in [5.41, 5.74) is 0.748. The topological polar surface area (TPSA) is 64.4 Å². The van der Waals surface area contributed by atoms with Gasteiger partial charge in [-0.3, -0.25) is 4.79 Å². The van der Waals surface area contributed by atoms with Crippen LogP contribution >= 0.6 is 0 Å². The van der Waals surface area contributed by atoms with Gasteiger partial charge in [0.2, 0.25) is 5.91 Å². The molecule has 3 aromatic rings. The maximum atomic E-state index is 13.0. The first kappa shape index (κ1) is 18.6. The highest BCUT2D eigenvalue weighted by molar-refractivity contribution is 5.76. The fourth-order valence-corrected chi connectivity index (χ4v) is 2.49. The van der Waals surface area contributed by atoms with Gasteiger partial charge in [0.15, 0.2) is 11.7 Å². The van der Waals surface area contributed by atoms with Crippen molar-refractivity contribution >= 4 is 5.91 Å². The maximum absolute atomic E-state index is 13.0. The van der Waals surface area contributed by atoms with Gasteiger partial charge in [-0.05, 0) is 42.8 Å². The lowest BCUT2D eigenvalue weighted by atomic mass is 10.2. The van der Waals surface area contributed by atoms with Crippen LogP contribution in [0.3, 0.4) is 0 Å². The predicted octanol–water partition coefficient (Wildman–Crippen LogP) is 4.00. The minimum Gasteiger partial charge on any atom is -0.494 e. The molecule has 1 N–H and O–H groups in total. The summed E-state index contributed by atoms with van der Waals surface area (Å²) in [5, 5.41) is 2.85.